The number of piperidine rings is 1. The van der Waals surface area contributed by atoms with Crippen molar-refractivity contribution in [3.63, 3.8) is 0 Å². The molecule has 0 aliphatic carbocycles. The molecule has 1 fully saturated rings. The lowest BCUT2D eigenvalue weighted by Crippen LogP contribution is -2.40. The Labute approximate surface area is 124 Å². The van der Waals surface area contributed by atoms with Gasteiger partial charge in [-0.05, 0) is 49.8 Å². The fourth-order valence-corrected chi connectivity index (χ4v) is 4.89. The van der Waals surface area contributed by atoms with Gasteiger partial charge in [0.15, 0.2) is 0 Å². The van der Waals surface area contributed by atoms with Gasteiger partial charge in [-0.2, -0.15) is 4.31 Å². The number of hydrogen-bond acceptors (Lipinski definition) is 2. The van der Waals surface area contributed by atoms with Crippen LogP contribution in [0.15, 0.2) is 23.1 Å². The van der Waals surface area contributed by atoms with Crippen LogP contribution in [-0.4, -0.2) is 31.1 Å². The van der Waals surface area contributed by atoms with Crippen LogP contribution < -0.4 is 0 Å². The SMILES string of the molecule is Cc1ccc(C)c(S(=O)(=O)N2CCCC(CBr)C2)c1. The molecule has 1 aliphatic rings. The first-order valence-corrected chi connectivity index (χ1v) is 9.14. The quantitative estimate of drug-likeness (QED) is 0.789. The molecule has 0 amide bonds. The van der Waals surface area contributed by atoms with Gasteiger partial charge in [0.25, 0.3) is 0 Å². The van der Waals surface area contributed by atoms with E-state index < -0.39 is 10.0 Å². The predicted molar refractivity (Wildman–Crippen MR) is 81.2 cm³/mol. The fraction of sp³-hybridized carbons (Fsp3) is 0.571. The minimum Gasteiger partial charge on any atom is -0.207 e. The molecule has 2 rings (SSSR count). The Hall–Kier alpha value is -0.390. The summed E-state index contributed by atoms with van der Waals surface area (Å²) in [6, 6.07) is 5.61. The average molecular weight is 346 g/mol. The van der Waals surface area contributed by atoms with Crippen molar-refractivity contribution < 1.29 is 8.42 Å². The lowest BCUT2D eigenvalue weighted by atomic mass is 10.0. The molecule has 5 heteroatoms. The Balaban J connectivity index is 2.34. The van der Waals surface area contributed by atoms with Crippen LogP contribution in [0.4, 0.5) is 0 Å². The molecule has 0 spiro atoms. The van der Waals surface area contributed by atoms with Crippen LogP contribution >= 0.6 is 15.9 Å². The van der Waals surface area contributed by atoms with Gasteiger partial charge in [0.05, 0.1) is 4.90 Å². The lowest BCUT2D eigenvalue weighted by Gasteiger charge is -2.31. The van der Waals surface area contributed by atoms with Gasteiger partial charge in [-0.15, -0.1) is 0 Å². The highest BCUT2D eigenvalue weighted by Crippen LogP contribution is 2.26. The fourth-order valence-electron chi connectivity index (χ4n) is 2.50. The molecule has 0 N–H and O–H groups in total. The third-order valence-electron chi connectivity index (χ3n) is 3.66. The summed E-state index contributed by atoms with van der Waals surface area (Å²) in [6.45, 7) is 5.05. The minimum absolute atomic E-state index is 0.425. The van der Waals surface area contributed by atoms with Crippen molar-refractivity contribution in [1.29, 1.82) is 0 Å². The second-order valence-electron chi connectivity index (χ2n) is 5.29. The Morgan fingerprint density at radius 2 is 2.11 bits per heavy atom. The Kier molecular flexibility index (Phi) is 4.69. The summed E-state index contributed by atoms with van der Waals surface area (Å²) in [5.41, 5.74) is 1.81. The van der Waals surface area contributed by atoms with Crippen LogP contribution in [0.2, 0.25) is 0 Å². The maximum absolute atomic E-state index is 12.7. The van der Waals surface area contributed by atoms with E-state index in [0.29, 0.717) is 23.9 Å². The standard InChI is InChI=1S/C14H20BrNO2S/c1-11-5-6-12(2)14(8-11)19(17,18)16-7-3-4-13(9-15)10-16/h5-6,8,13H,3-4,7,9-10H2,1-2H3. The summed E-state index contributed by atoms with van der Waals surface area (Å²) in [5.74, 6) is 0.425. The molecule has 1 aromatic carbocycles. The molecule has 1 atom stereocenters. The molecule has 0 aromatic heterocycles. The molecule has 1 aliphatic heterocycles. The first-order chi connectivity index (χ1) is 8.95. The monoisotopic (exact) mass is 345 g/mol. The van der Waals surface area contributed by atoms with Crippen LogP contribution in [0.3, 0.4) is 0 Å². The number of nitrogens with zero attached hydrogens (tertiary/aromatic N) is 1. The number of rotatable bonds is 3. The van der Waals surface area contributed by atoms with Crippen molar-refractivity contribution in [3.8, 4) is 0 Å². The number of halogens is 1. The molecule has 1 aromatic rings. The zero-order valence-corrected chi connectivity index (χ0v) is 13.8. The van der Waals surface area contributed by atoms with Gasteiger partial charge in [-0.1, -0.05) is 28.1 Å². The molecule has 1 unspecified atom stereocenters. The summed E-state index contributed by atoms with van der Waals surface area (Å²) < 4.78 is 27.1. The second kappa shape index (κ2) is 5.94. The Morgan fingerprint density at radius 3 is 2.79 bits per heavy atom. The van der Waals surface area contributed by atoms with Gasteiger partial charge < -0.3 is 0 Å². The van der Waals surface area contributed by atoms with Crippen molar-refractivity contribution in [2.45, 2.75) is 31.6 Å². The van der Waals surface area contributed by atoms with Crippen LogP contribution in [-0.2, 0) is 10.0 Å². The first kappa shape index (κ1) is 15.0. The van der Waals surface area contributed by atoms with Gasteiger partial charge in [0.2, 0.25) is 10.0 Å². The molecule has 0 saturated carbocycles. The zero-order chi connectivity index (χ0) is 14.0. The lowest BCUT2D eigenvalue weighted by molar-refractivity contribution is 0.285. The molecule has 1 heterocycles. The van der Waals surface area contributed by atoms with Gasteiger partial charge >= 0.3 is 0 Å². The third kappa shape index (κ3) is 3.20. The number of alkyl halides is 1. The predicted octanol–water partition coefficient (Wildman–Crippen LogP) is 3.10. The van der Waals surface area contributed by atoms with Crippen molar-refractivity contribution in [2.24, 2.45) is 5.92 Å². The van der Waals surface area contributed by atoms with Crippen LogP contribution in [0, 0.1) is 19.8 Å². The summed E-state index contributed by atoms with van der Waals surface area (Å²) in [4.78, 5) is 0.461. The average Bonchev–Trinajstić information content (AvgIpc) is 2.41. The van der Waals surface area contributed by atoms with Crippen LogP contribution in [0.1, 0.15) is 24.0 Å². The van der Waals surface area contributed by atoms with E-state index in [4.69, 9.17) is 0 Å². The van der Waals surface area contributed by atoms with E-state index in [1.54, 1.807) is 10.4 Å². The molecular formula is C14H20BrNO2S. The third-order valence-corrected chi connectivity index (χ3v) is 6.58. The molecule has 106 valence electrons. The maximum Gasteiger partial charge on any atom is 0.243 e. The van der Waals surface area contributed by atoms with E-state index in [2.05, 4.69) is 15.9 Å². The first-order valence-electron chi connectivity index (χ1n) is 6.58. The molecular weight excluding hydrogens is 326 g/mol. The van der Waals surface area contributed by atoms with Gasteiger partial charge in [0, 0.05) is 18.4 Å². The second-order valence-corrected chi connectivity index (χ2v) is 7.85. The van der Waals surface area contributed by atoms with E-state index in [9.17, 15) is 8.42 Å². The van der Waals surface area contributed by atoms with E-state index in [1.165, 1.54) is 0 Å². The highest BCUT2D eigenvalue weighted by molar-refractivity contribution is 9.09. The topological polar surface area (TPSA) is 37.4 Å². The van der Waals surface area contributed by atoms with Crippen molar-refractivity contribution in [2.75, 3.05) is 18.4 Å². The van der Waals surface area contributed by atoms with Crippen LogP contribution in [0.5, 0.6) is 0 Å². The molecule has 0 bridgehead atoms. The van der Waals surface area contributed by atoms with Crippen molar-refractivity contribution in [1.82, 2.24) is 4.31 Å². The highest BCUT2D eigenvalue weighted by atomic mass is 79.9. The van der Waals surface area contributed by atoms with Gasteiger partial charge in [0.1, 0.15) is 0 Å². The molecule has 3 nitrogen and oxygen atoms in total. The summed E-state index contributed by atoms with van der Waals surface area (Å²) in [5, 5.41) is 0.867. The van der Waals surface area contributed by atoms with E-state index >= 15 is 0 Å². The summed E-state index contributed by atoms with van der Waals surface area (Å²) >= 11 is 3.47. The van der Waals surface area contributed by atoms with Gasteiger partial charge in [-0.25, -0.2) is 8.42 Å². The van der Waals surface area contributed by atoms with E-state index in [1.807, 2.05) is 26.0 Å². The largest absolute Gasteiger partial charge is 0.243 e. The molecule has 19 heavy (non-hydrogen) atoms. The smallest absolute Gasteiger partial charge is 0.207 e. The Bertz CT molecular complexity index is 557. The number of sulfonamides is 1. The number of hydrogen-bond donors (Lipinski definition) is 0. The summed E-state index contributed by atoms with van der Waals surface area (Å²) in [7, 11) is -3.35. The van der Waals surface area contributed by atoms with Crippen LogP contribution in [0.25, 0.3) is 0 Å². The van der Waals surface area contributed by atoms with Crippen molar-refractivity contribution >= 4 is 26.0 Å². The van der Waals surface area contributed by atoms with E-state index in [-0.39, 0.29) is 0 Å². The van der Waals surface area contributed by atoms with E-state index in [0.717, 1.165) is 29.3 Å². The number of benzene rings is 1. The highest BCUT2D eigenvalue weighted by Gasteiger charge is 2.30. The minimum atomic E-state index is -3.35. The molecule has 0 radical (unpaired) electrons. The van der Waals surface area contributed by atoms with Gasteiger partial charge in [-0.3, -0.25) is 0 Å². The normalized spacial score (nSPS) is 21.5. The summed E-state index contributed by atoms with van der Waals surface area (Å²) in [6.07, 6.45) is 2.05. The zero-order valence-electron chi connectivity index (χ0n) is 11.4. The molecule has 1 saturated heterocycles. The van der Waals surface area contributed by atoms with Crippen molar-refractivity contribution in [3.05, 3.63) is 29.3 Å². The maximum atomic E-state index is 12.7. The number of aryl methyl sites for hydroxylation is 2. The Morgan fingerprint density at radius 1 is 1.37 bits per heavy atom.